The minimum Gasteiger partial charge on any atom is -0.379 e. The lowest BCUT2D eigenvalue weighted by Gasteiger charge is -2.38. The van der Waals surface area contributed by atoms with Gasteiger partial charge in [0.25, 0.3) is 0 Å². The molecule has 1 unspecified atom stereocenters. The van der Waals surface area contributed by atoms with Crippen LogP contribution in [0.2, 0.25) is 0 Å². The Bertz CT molecular complexity index is 956. The third-order valence-corrected chi connectivity index (χ3v) is 5.84. The standard InChI is InChI=1S/C20H28N6O4/c1-14(19(28)21-15-2-3-16-17(12-15)23-20(29)22-16)25-4-6-26(7-5-25)18(27)13-24-8-10-30-11-9-24/h2-3,12,14H,4-11,13H2,1H3,(H,21,28)(H2,22,23,29). The Balaban J connectivity index is 1.27. The van der Waals surface area contributed by atoms with Crippen molar-refractivity contribution >= 4 is 28.5 Å². The number of carbonyl (C=O) groups is 2. The van der Waals surface area contributed by atoms with E-state index >= 15 is 0 Å². The summed E-state index contributed by atoms with van der Waals surface area (Å²) in [4.78, 5) is 48.1. The van der Waals surface area contributed by atoms with Crippen LogP contribution in [0.5, 0.6) is 0 Å². The summed E-state index contributed by atoms with van der Waals surface area (Å²) in [7, 11) is 0. The third kappa shape index (κ3) is 4.72. The summed E-state index contributed by atoms with van der Waals surface area (Å²) in [6.07, 6.45) is 0. The van der Waals surface area contributed by atoms with Crippen molar-refractivity contribution in [2.24, 2.45) is 0 Å². The smallest absolute Gasteiger partial charge is 0.323 e. The SMILES string of the molecule is CC(C(=O)Nc1ccc2[nH]c(=O)[nH]c2c1)N1CCN(C(=O)CN2CCOCC2)CC1. The van der Waals surface area contributed by atoms with Crippen LogP contribution >= 0.6 is 0 Å². The van der Waals surface area contributed by atoms with Crippen molar-refractivity contribution in [2.45, 2.75) is 13.0 Å². The van der Waals surface area contributed by atoms with Crippen molar-refractivity contribution in [3.63, 3.8) is 0 Å². The third-order valence-electron chi connectivity index (χ3n) is 5.84. The summed E-state index contributed by atoms with van der Waals surface area (Å²) >= 11 is 0. The topological polar surface area (TPSA) is 114 Å². The number of carbonyl (C=O) groups excluding carboxylic acids is 2. The predicted octanol–water partition coefficient (Wildman–Crippen LogP) is -0.340. The fraction of sp³-hybridized carbons (Fsp3) is 0.550. The van der Waals surface area contributed by atoms with Crippen molar-refractivity contribution in [1.82, 2.24) is 24.7 Å². The van der Waals surface area contributed by atoms with Crippen LogP contribution in [-0.4, -0.2) is 102 Å². The van der Waals surface area contributed by atoms with E-state index in [0.29, 0.717) is 62.7 Å². The normalized spacial score (nSPS) is 19.7. The van der Waals surface area contributed by atoms with Crippen LogP contribution in [0.1, 0.15) is 6.92 Å². The van der Waals surface area contributed by atoms with Gasteiger partial charge in [0, 0.05) is 45.0 Å². The number of aromatic amines is 2. The van der Waals surface area contributed by atoms with E-state index in [1.165, 1.54) is 0 Å². The maximum Gasteiger partial charge on any atom is 0.323 e. The molecular formula is C20H28N6O4. The maximum absolute atomic E-state index is 12.7. The Hall–Kier alpha value is -2.69. The number of hydrogen-bond donors (Lipinski definition) is 3. The van der Waals surface area contributed by atoms with Gasteiger partial charge in [0.15, 0.2) is 0 Å². The quantitative estimate of drug-likeness (QED) is 0.615. The van der Waals surface area contributed by atoms with Crippen LogP contribution in [0.25, 0.3) is 11.0 Å². The molecule has 0 aliphatic carbocycles. The summed E-state index contributed by atoms with van der Waals surface area (Å²) in [5.41, 5.74) is 1.71. The molecule has 1 atom stereocenters. The molecule has 3 heterocycles. The van der Waals surface area contributed by atoms with Gasteiger partial charge < -0.3 is 24.9 Å². The number of nitrogens with one attached hydrogen (secondary N) is 3. The van der Waals surface area contributed by atoms with Gasteiger partial charge in [0.2, 0.25) is 11.8 Å². The molecule has 0 radical (unpaired) electrons. The number of fused-ring (bicyclic) bond motifs is 1. The van der Waals surface area contributed by atoms with Crippen LogP contribution in [0.3, 0.4) is 0 Å². The minimum atomic E-state index is -0.317. The average Bonchev–Trinajstić information content (AvgIpc) is 3.13. The Morgan fingerprint density at radius 2 is 1.77 bits per heavy atom. The monoisotopic (exact) mass is 416 g/mol. The molecule has 0 saturated carbocycles. The fourth-order valence-electron chi connectivity index (χ4n) is 3.93. The van der Waals surface area contributed by atoms with E-state index in [0.717, 1.165) is 13.1 Å². The molecular weight excluding hydrogens is 388 g/mol. The fourth-order valence-corrected chi connectivity index (χ4v) is 3.93. The van der Waals surface area contributed by atoms with Crippen LogP contribution < -0.4 is 11.0 Å². The van der Waals surface area contributed by atoms with Crippen molar-refractivity contribution in [3.05, 3.63) is 28.7 Å². The second-order valence-corrected chi connectivity index (χ2v) is 7.81. The van der Waals surface area contributed by atoms with Crippen molar-refractivity contribution in [1.29, 1.82) is 0 Å². The van der Waals surface area contributed by atoms with E-state index in [-0.39, 0.29) is 23.5 Å². The van der Waals surface area contributed by atoms with Crippen LogP contribution in [-0.2, 0) is 14.3 Å². The first kappa shape index (κ1) is 20.6. The molecule has 2 fully saturated rings. The summed E-state index contributed by atoms with van der Waals surface area (Å²) in [6.45, 7) is 7.83. The number of ether oxygens (including phenoxy) is 1. The molecule has 3 N–H and O–H groups in total. The number of aromatic nitrogens is 2. The molecule has 2 aromatic rings. The highest BCUT2D eigenvalue weighted by molar-refractivity contribution is 5.96. The van der Waals surface area contributed by atoms with Gasteiger partial charge in [-0.1, -0.05) is 0 Å². The zero-order valence-corrected chi connectivity index (χ0v) is 17.1. The zero-order valence-electron chi connectivity index (χ0n) is 17.1. The molecule has 1 aromatic carbocycles. The Labute approximate surface area is 174 Å². The van der Waals surface area contributed by atoms with Gasteiger partial charge in [-0.25, -0.2) is 4.79 Å². The first-order valence-corrected chi connectivity index (χ1v) is 10.3. The number of hydrogen-bond acceptors (Lipinski definition) is 6. The second kappa shape index (κ2) is 8.99. The van der Waals surface area contributed by atoms with E-state index in [9.17, 15) is 14.4 Å². The second-order valence-electron chi connectivity index (χ2n) is 7.81. The Morgan fingerprint density at radius 1 is 1.07 bits per heavy atom. The lowest BCUT2D eigenvalue weighted by Crippen LogP contribution is -2.55. The number of piperazine rings is 1. The number of morpholine rings is 1. The lowest BCUT2D eigenvalue weighted by atomic mass is 10.2. The Kier molecular flexibility index (Phi) is 6.16. The van der Waals surface area contributed by atoms with Gasteiger partial charge in [-0.05, 0) is 25.1 Å². The number of benzene rings is 1. The van der Waals surface area contributed by atoms with E-state index in [1.54, 1.807) is 18.2 Å². The molecule has 30 heavy (non-hydrogen) atoms. The number of H-pyrrole nitrogens is 2. The highest BCUT2D eigenvalue weighted by atomic mass is 16.5. The van der Waals surface area contributed by atoms with E-state index in [4.69, 9.17) is 4.74 Å². The largest absolute Gasteiger partial charge is 0.379 e. The van der Waals surface area contributed by atoms with Crippen LogP contribution in [0.4, 0.5) is 5.69 Å². The Morgan fingerprint density at radius 3 is 2.50 bits per heavy atom. The van der Waals surface area contributed by atoms with Crippen LogP contribution in [0.15, 0.2) is 23.0 Å². The number of nitrogens with zero attached hydrogens (tertiary/aromatic N) is 3. The van der Waals surface area contributed by atoms with Gasteiger partial charge >= 0.3 is 5.69 Å². The maximum atomic E-state index is 12.7. The highest BCUT2D eigenvalue weighted by Gasteiger charge is 2.28. The van der Waals surface area contributed by atoms with Crippen molar-refractivity contribution < 1.29 is 14.3 Å². The first-order chi connectivity index (χ1) is 14.5. The molecule has 4 rings (SSSR count). The number of rotatable bonds is 5. The molecule has 10 heteroatoms. The highest BCUT2D eigenvalue weighted by Crippen LogP contribution is 2.16. The van der Waals surface area contributed by atoms with Crippen molar-refractivity contribution in [2.75, 3.05) is 64.3 Å². The van der Waals surface area contributed by atoms with Gasteiger partial charge in [-0.15, -0.1) is 0 Å². The molecule has 2 saturated heterocycles. The lowest BCUT2D eigenvalue weighted by molar-refractivity contribution is -0.135. The van der Waals surface area contributed by atoms with E-state index in [1.807, 2.05) is 11.8 Å². The summed E-state index contributed by atoms with van der Waals surface area (Å²) < 4.78 is 5.33. The molecule has 0 bridgehead atoms. The predicted molar refractivity (Wildman–Crippen MR) is 112 cm³/mol. The average molecular weight is 416 g/mol. The molecule has 0 spiro atoms. The number of anilines is 1. The minimum absolute atomic E-state index is 0.111. The summed E-state index contributed by atoms with van der Waals surface area (Å²) in [6, 6.07) is 4.94. The zero-order chi connectivity index (χ0) is 21.1. The van der Waals surface area contributed by atoms with Gasteiger partial charge in [-0.3, -0.25) is 19.4 Å². The van der Waals surface area contributed by atoms with Crippen LogP contribution in [0, 0.1) is 0 Å². The number of amides is 2. The number of imidazole rings is 1. The molecule has 162 valence electrons. The van der Waals surface area contributed by atoms with Gasteiger partial charge in [0.05, 0.1) is 36.8 Å². The summed E-state index contributed by atoms with van der Waals surface area (Å²) in [5.74, 6) is 0.0304. The molecule has 2 aliphatic heterocycles. The summed E-state index contributed by atoms with van der Waals surface area (Å²) in [5, 5.41) is 2.91. The van der Waals surface area contributed by atoms with Gasteiger partial charge in [0.1, 0.15) is 0 Å². The van der Waals surface area contributed by atoms with Gasteiger partial charge in [-0.2, -0.15) is 0 Å². The van der Waals surface area contributed by atoms with E-state index < -0.39 is 0 Å². The van der Waals surface area contributed by atoms with Crippen molar-refractivity contribution in [3.8, 4) is 0 Å². The first-order valence-electron chi connectivity index (χ1n) is 10.3. The molecule has 1 aromatic heterocycles. The molecule has 10 nitrogen and oxygen atoms in total. The molecule has 2 aliphatic rings. The molecule has 2 amide bonds. The van der Waals surface area contributed by atoms with E-state index in [2.05, 4.69) is 25.1 Å².